The number of hydrogen-bond donors (Lipinski definition) is 1. The smallest absolute Gasteiger partial charge is 0.305 e. The van der Waals surface area contributed by atoms with Crippen molar-refractivity contribution < 1.29 is 14.7 Å². The highest BCUT2D eigenvalue weighted by molar-refractivity contribution is 5.95. The molecule has 2 heterocycles. The van der Waals surface area contributed by atoms with Gasteiger partial charge in [0.1, 0.15) is 6.54 Å². The Hall–Kier alpha value is -3.15. The maximum absolute atomic E-state index is 13.0. The van der Waals surface area contributed by atoms with Crippen molar-refractivity contribution in [1.29, 1.82) is 0 Å². The van der Waals surface area contributed by atoms with E-state index in [2.05, 4.69) is 0 Å². The molecule has 0 saturated carbocycles. The second-order valence-electron chi connectivity index (χ2n) is 6.93. The van der Waals surface area contributed by atoms with Crippen LogP contribution in [-0.2, 0) is 16.1 Å². The summed E-state index contributed by atoms with van der Waals surface area (Å²) in [5.41, 5.74) is 1.38. The Kier molecular flexibility index (Phi) is 4.39. The van der Waals surface area contributed by atoms with E-state index in [4.69, 9.17) is 5.11 Å². The van der Waals surface area contributed by atoms with Crippen LogP contribution in [0.2, 0.25) is 0 Å². The van der Waals surface area contributed by atoms with Crippen LogP contribution < -0.4 is 5.43 Å². The molecule has 1 aromatic heterocycles. The number of amides is 1. The molecule has 0 spiro atoms. The Morgan fingerprint density at radius 2 is 1.59 bits per heavy atom. The van der Waals surface area contributed by atoms with Crippen LogP contribution in [0.25, 0.3) is 21.8 Å². The second kappa shape index (κ2) is 6.87. The number of carboxylic acid groups (broad SMARTS) is 1. The summed E-state index contributed by atoms with van der Waals surface area (Å²) in [6.45, 7) is 0.657. The predicted molar refractivity (Wildman–Crippen MR) is 103 cm³/mol. The number of carbonyl (C=O) groups excluding carboxylic acids is 1. The Morgan fingerprint density at radius 1 is 1.00 bits per heavy atom. The number of carboxylic acids is 1. The van der Waals surface area contributed by atoms with Gasteiger partial charge in [0.25, 0.3) is 0 Å². The number of carbonyl (C=O) groups is 2. The van der Waals surface area contributed by atoms with Crippen LogP contribution in [0.3, 0.4) is 0 Å². The Balaban J connectivity index is 1.79. The minimum atomic E-state index is -0.890. The van der Waals surface area contributed by atoms with Gasteiger partial charge in [0.2, 0.25) is 5.91 Å². The molecule has 1 unspecified atom stereocenters. The molecule has 1 N–H and O–H groups in total. The van der Waals surface area contributed by atoms with Crippen molar-refractivity contribution in [2.24, 2.45) is 0 Å². The van der Waals surface area contributed by atoms with E-state index >= 15 is 0 Å². The molecule has 0 bridgehead atoms. The molecule has 4 rings (SSSR count). The van der Waals surface area contributed by atoms with E-state index in [1.54, 1.807) is 17.0 Å². The quantitative estimate of drug-likeness (QED) is 0.722. The van der Waals surface area contributed by atoms with Gasteiger partial charge in [-0.25, -0.2) is 0 Å². The van der Waals surface area contributed by atoms with Crippen molar-refractivity contribution in [3.8, 4) is 0 Å². The number of likely N-dealkylation sites (tertiary alicyclic amines) is 1. The molecule has 1 amide bonds. The zero-order valence-electron chi connectivity index (χ0n) is 14.8. The van der Waals surface area contributed by atoms with E-state index < -0.39 is 5.97 Å². The summed E-state index contributed by atoms with van der Waals surface area (Å²) in [5.74, 6) is -1.00. The largest absolute Gasteiger partial charge is 0.481 e. The summed E-state index contributed by atoms with van der Waals surface area (Å²) >= 11 is 0. The Bertz CT molecular complexity index is 1040. The van der Waals surface area contributed by atoms with Gasteiger partial charge < -0.3 is 14.6 Å². The van der Waals surface area contributed by atoms with Gasteiger partial charge in [-0.05, 0) is 37.1 Å². The molecule has 1 aliphatic rings. The number of aromatic nitrogens is 1. The molecule has 138 valence electrons. The third kappa shape index (κ3) is 3.07. The van der Waals surface area contributed by atoms with E-state index in [9.17, 15) is 14.4 Å². The molecule has 1 aliphatic heterocycles. The molecule has 6 nitrogen and oxygen atoms in total. The maximum Gasteiger partial charge on any atom is 0.305 e. The van der Waals surface area contributed by atoms with Gasteiger partial charge >= 0.3 is 5.97 Å². The van der Waals surface area contributed by atoms with Crippen molar-refractivity contribution >= 4 is 33.7 Å². The lowest BCUT2D eigenvalue weighted by molar-refractivity contribution is -0.140. The fourth-order valence-electron chi connectivity index (χ4n) is 4.05. The first kappa shape index (κ1) is 17.3. The Labute approximate surface area is 155 Å². The lowest BCUT2D eigenvalue weighted by Crippen LogP contribution is -2.39. The van der Waals surface area contributed by atoms with Gasteiger partial charge in [-0.3, -0.25) is 14.4 Å². The van der Waals surface area contributed by atoms with E-state index in [-0.39, 0.29) is 30.3 Å². The lowest BCUT2D eigenvalue weighted by atomic mass is 10.1. The normalized spacial score (nSPS) is 16.9. The third-order valence-corrected chi connectivity index (χ3v) is 5.28. The van der Waals surface area contributed by atoms with Crippen LogP contribution in [0.15, 0.2) is 53.3 Å². The number of fused-ring (bicyclic) bond motifs is 2. The average molecular weight is 364 g/mol. The number of nitrogens with zero attached hydrogens (tertiary/aromatic N) is 2. The summed E-state index contributed by atoms with van der Waals surface area (Å²) in [7, 11) is 0. The number of hydrogen-bond acceptors (Lipinski definition) is 3. The molecule has 0 radical (unpaired) electrons. The van der Waals surface area contributed by atoms with Crippen molar-refractivity contribution in [2.45, 2.75) is 31.8 Å². The molecular formula is C21H20N2O4. The molecule has 27 heavy (non-hydrogen) atoms. The second-order valence-corrected chi connectivity index (χ2v) is 6.93. The van der Waals surface area contributed by atoms with Crippen LogP contribution in [-0.4, -0.2) is 39.0 Å². The maximum atomic E-state index is 13.0. The number of para-hydroxylation sites is 2. The highest BCUT2D eigenvalue weighted by Crippen LogP contribution is 2.23. The van der Waals surface area contributed by atoms with Gasteiger partial charge in [0.15, 0.2) is 5.43 Å². The highest BCUT2D eigenvalue weighted by atomic mass is 16.4. The first-order valence-electron chi connectivity index (χ1n) is 9.08. The minimum Gasteiger partial charge on any atom is -0.481 e. The van der Waals surface area contributed by atoms with Crippen LogP contribution in [0.4, 0.5) is 0 Å². The molecule has 1 fully saturated rings. The molecule has 0 aliphatic carbocycles. The van der Waals surface area contributed by atoms with Crippen LogP contribution >= 0.6 is 0 Å². The van der Waals surface area contributed by atoms with Gasteiger partial charge in [-0.2, -0.15) is 0 Å². The summed E-state index contributed by atoms with van der Waals surface area (Å²) in [4.78, 5) is 38.6. The summed E-state index contributed by atoms with van der Waals surface area (Å²) in [6, 6.07) is 14.3. The molecule has 2 aromatic carbocycles. The van der Waals surface area contributed by atoms with E-state index in [0.717, 1.165) is 6.42 Å². The summed E-state index contributed by atoms with van der Waals surface area (Å²) in [5, 5.41) is 10.3. The first-order chi connectivity index (χ1) is 13.1. The molecule has 1 saturated heterocycles. The lowest BCUT2D eigenvalue weighted by Gasteiger charge is -2.25. The standard InChI is InChI=1S/C21H20N2O4/c24-19(22-11-5-6-14(22)12-20(25)26)13-23-17-9-3-1-7-15(17)21(27)16-8-2-4-10-18(16)23/h1-4,7-10,14H,5-6,11-13H2,(H,25,26). The number of benzene rings is 2. The molecule has 3 aromatic rings. The van der Waals surface area contributed by atoms with E-state index in [1.807, 2.05) is 41.0 Å². The van der Waals surface area contributed by atoms with Crippen molar-refractivity contribution in [3.05, 3.63) is 58.8 Å². The van der Waals surface area contributed by atoms with Crippen molar-refractivity contribution in [3.63, 3.8) is 0 Å². The van der Waals surface area contributed by atoms with Gasteiger partial charge in [0.05, 0.1) is 17.5 Å². The van der Waals surface area contributed by atoms with Crippen LogP contribution in [0.1, 0.15) is 19.3 Å². The van der Waals surface area contributed by atoms with Gasteiger partial charge in [-0.15, -0.1) is 0 Å². The third-order valence-electron chi connectivity index (χ3n) is 5.28. The predicted octanol–water partition coefficient (Wildman–Crippen LogP) is 2.62. The first-order valence-corrected chi connectivity index (χ1v) is 9.08. The monoisotopic (exact) mass is 364 g/mol. The van der Waals surface area contributed by atoms with Crippen LogP contribution in [0.5, 0.6) is 0 Å². The molecule has 1 atom stereocenters. The van der Waals surface area contributed by atoms with Crippen molar-refractivity contribution in [2.75, 3.05) is 6.54 Å². The van der Waals surface area contributed by atoms with E-state index in [0.29, 0.717) is 34.8 Å². The average Bonchev–Trinajstić information content (AvgIpc) is 3.12. The SMILES string of the molecule is O=C(O)CC1CCCN1C(=O)Cn1c2ccccc2c(=O)c2ccccc21. The fraction of sp³-hybridized carbons (Fsp3) is 0.286. The number of pyridine rings is 1. The number of rotatable bonds is 4. The van der Waals surface area contributed by atoms with Crippen molar-refractivity contribution in [1.82, 2.24) is 9.47 Å². The summed E-state index contributed by atoms with van der Waals surface area (Å²) in [6.07, 6.45) is 1.50. The highest BCUT2D eigenvalue weighted by Gasteiger charge is 2.30. The number of aliphatic carboxylic acids is 1. The molecule has 6 heteroatoms. The minimum absolute atomic E-state index is 0.0304. The topological polar surface area (TPSA) is 79.6 Å². The van der Waals surface area contributed by atoms with Crippen LogP contribution in [0, 0.1) is 0 Å². The van der Waals surface area contributed by atoms with Gasteiger partial charge in [0, 0.05) is 23.4 Å². The fourth-order valence-corrected chi connectivity index (χ4v) is 4.05. The zero-order valence-corrected chi connectivity index (χ0v) is 14.8. The Morgan fingerprint density at radius 3 is 2.19 bits per heavy atom. The zero-order chi connectivity index (χ0) is 19.0. The molecular weight excluding hydrogens is 344 g/mol. The van der Waals surface area contributed by atoms with E-state index in [1.165, 1.54) is 0 Å². The summed E-state index contributed by atoms with van der Waals surface area (Å²) < 4.78 is 1.87. The van der Waals surface area contributed by atoms with Gasteiger partial charge in [-0.1, -0.05) is 24.3 Å².